The molecule has 3 rings (SSSR count). The van der Waals surface area contributed by atoms with Crippen molar-refractivity contribution < 1.29 is 24.2 Å². The highest BCUT2D eigenvalue weighted by atomic mass is 16.5. The first kappa shape index (κ1) is 17.4. The second-order valence-electron chi connectivity index (χ2n) is 6.66. The van der Waals surface area contributed by atoms with E-state index in [0.717, 1.165) is 12.8 Å². The van der Waals surface area contributed by atoms with Crippen LogP contribution in [-0.4, -0.2) is 48.8 Å². The van der Waals surface area contributed by atoms with Crippen LogP contribution in [0.2, 0.25) is 0 Å². The molecule has 0 unspecified atom stereocenters. The van der Waals surface area contributed by atoms with E-state index >= 15 is 0 Å². The number of anilines is 1. The zero-order chi connectivity index (χ0) is 18.0. The molecule has 1 heterocycles. The molecule has 7 nitrogen and oxygen atoms in total. The number of amides is 2. The van der Waals surface area contributed by atoms with Crippen molar-refractivity contribution in [3.63, 3.8) is 0 Å². The monoisotopic (exact) mass is 348 g/mol. The maximum absolute atomic E-state index is 12.7. The zero-order valence-electron chi connectivity index (χ0n) is 14.6. The van der Waals surface area contributed by atoms with E-state index in [-0.39, 0.29) is 18.5 Å². The van der Waals surface area contributed by atoms with Crippen molar-refractivity contribution >= 4 is 17.7 Å². The second-order valence-corrected chi connectivity index (χ2v) is 6.66. The Morgan fingerprint density at radius 3 is 2.88 bits per heavy atom. The van der Waals surface area contributed by atoms with Crippen molar-refractivity contribution in [3.05, 3.63) is 18.2 Å². The molecule has 2 atom stereocenters. The van der Waals surface area contributed by atoms with Gasteiger partial charge in [-0.05, 0) is 37.8 Å². The van der Waals surface area contributed by atoms with E-state index in [2.05, 4.69) is 5.32 Å². The highest BCUT2D eigenvalue weighted by Gasteiger charge is 2.55. The van der Waals surface area contributed by atoms with Crippen LogP contribution in [0.4, 0.5) is 10.5 Å². The fraction of sp³-hybridized carbons (Fsp3) is 0.556. The van der Waals surface area contributed by atoms with Crippen LogP contribution in [0.5, 0.6) is 11.5 Å². The number of likely N-dealkylation sites (tertiary alicyclic amines) is 1. The van der Waals surface area contributed by atoms with Gasteiger partial charge in [0.1, 0.15) is 11.5 Å². The lowest BCUT2D eigenvalue weighted by Gasteiger charge is -2.23. The molecular weight excluding hydrogens is 324 g/mol. The molecule has 1 aliphatic carbocycles. The van der Waals surface area contributed by atoms with E-state index in [9.17, 15) is 14.7 Å². The Balaban J connectivity index is 1.76. The number of fused-ring (bicyclic) bond motifs is 1. The van der Waals surface area contributed by atoms with Crippen LogP contribution in [0.25, 0.3) is 0 Å². The van der Waals surface area contributed by atoms with Crippen LogP contribution in [0.1, 0.15) is 26.2 Å². The topological polar surface area (TPSA) is 88.1 Å². The van der Waals surface area contributed by atoms with Crippen LogP contribution in [0.3, 0.4) is 0 Å². The zero-order valence-corrected chi connectivity index (χ0v) is 14.6. The number of carboxylic acid groups (broad SMARTS) is 1. The van der Waals surface area contributed by atoms with Gasteiger partial charge in [0.2, 0.25) is 0 Å². The smallest absolute Gasteiger partial charge is 0.321 e. The summed E-state index contributed by atoms with van der Waals surface area (Å²) in [6.45, 7) is 3.08. The highest BCUT2D eigenvalue weighted by Crippen LogP contribution is 2.49. The van der Waals surface area contributed by atoms with E-state index in [4.69, 9.17) is 9.47 Å². The number of nitrogens with one attached hydrogen (secondary N) is 1. The third kappa shape index (κ3) is 3.10. The second kappa shape index (κ2) is 6.82. The predicted molar refractivity (Wildman–Crippen MR) is 92.2 cm³/mol. The Morgan fingerprint density at radius 1 is 1.44 bits per heavy atom. The minimum absolute atomic E-state index is 0.0346. The van der Waals surface area contributed by atoms with Gasteiger partial charge in [-0.15, -0.1) is 0 Å². The number of nitrogens with zero attached hydrogens (tertiary/aromatic N) is 1. The van der Waals surface area contributed by atoms with E-state index in [1.165, 1.54) is 0 Å². The van der Waals surface area contributed by atoms with Crippen LogP contribution in [0, 0.1) is 11.3 Å². The molecule has 2 N–H and O–H groups in total. The van der Waals surface area contributed by atoms with Gasteiger partial charge >= 0.3 is 12.0 Å². The quantitative estimate of drug-likeness (QED) is 0.854. The van der Waals surface area contributed by atoms with Crippen LogP contribution < -0.4 is 14.8 Å². The number of urea groups is 1. The molecule has 2 amide bonds. The lowest BCUT2D eigenvalue weighted by molar-refractivity contribution is -0.149. The number of carboxylic acids is 1. The van der Waals surface area contributed by atoms with Crippen LogP contribution in [0.15, 0.2) is 18.2 Å². The molecule has 7 heteroatoms. The molecule has 1 aromatic rings. The number of carbonyl (C=O) groups excluding carboxylic acids is 1. The van der Waals surface area contributed by atoms with Crippen molar-refractivity contribution in [2.45, 2.75) is 26.2 Å². The fourth-order valence-electron chi connectivity index (χ4n) is 4.00. The lowest BCUT2D eigenvalue weighted by Crippen LogP contribution is -2.38. The van der Waals surface area contributed by atoms with Crippen molar-refractivity contribution in [3.8, 4) is 11.5 Å². The molecule has 0 radical (unpaired) electrons. The predicted octanol–water partition coefficient (Wildman–Crippen LogP) is 2.81. The number of ether oxygens (including phenoxy) is 2. The Bertz CT molecular complexity index is 677. The Kier molecular flexibility index (Phi) is 4.74. The molecule has 136 valence electrons. The van der Waals surface area contributed by atoms with Crippen molar-refractivity contribution in [1.29, 1.82) is 0 Å². The normalized spacial score (nSPS) is 24.7. The summed E-state index contributed by atoms with van der Waals surface area (Å²) in [5, 5.41) is 12.5. The number of benzene rings is 1. The Hall–Kier alpha value is -2.44. The van der Waals surface area contributed by atoms with Crippen molar-refractivity contribution in [2.24, 2.45) is 11.3 Å². The summed E-state index contributed by atoms with van der Waals surface area (Å²) in [7, 11) is 1.56. The van der Waals surface area contributed by atoms with Gasteiger partial charge in [-0.1, -0.05) is 6.42 Å². The van der Waals surface area contributed by atoms with E-state index in [1.54, 1.807) is 30.2 Å². The SMILES string of the molecule is CCOc1ccc(OC)cc1NC(=O)N1C[C@@H]2CCC[C@@]2(C(=O)O)C1. The molecule has 1 saturated carbocycles. The molecule has 2 aliphatic rings. The van der Waals surface area contributed by atoms with E-state index in [1.807, 2.05) is 6.92 Å². The number of methoxy groups -OCH3 is 1. The molecule has 1 saturated heterocycles. The third-order valence-electron chi connectivity index (χ3n) is 5.31. The minimum atomic E-state index is -0.790. The number of rotatable bonds is 5. The first-order valence-electron chi connectivity index (χ1n) is 8.60. The number of aliphatic carboxylic acids is 1. The van der Waals surface area contributed by atoms with Gasteiger partial charge in [-0.3, -0.25) is 4.79 Å². The molecule has 0 spiro atoms. The molecule has 0 bridgehead atoms. The Labute approximate surface area is 146 Å². The average molecular weight is 348 g/mol. The first-order chi connectivity index (χ1) is 12.0. The number of carbonyl (C=O) groups is 2. The fourth-order valence-corrected chi connectivity index (χ4v) is 4.00. The van der Waals surface area contributed by atoms with Gasteiger partial charge in [-0.2, -0.15) is 0 Å². The van der Waals surface area contributed by atoms with Gasteiger partial charge in [0, 0.05) is 19.2 Å². The van der Waals surface area contributed by atoms with E-state index in [0.29, 0.717) is 36.8 Å². The Morgan fingerprint density at radius 2 is 2.24 bits per heavy atom. The maximum atomic E-state index is 12.7. The molecule has 25 heavy (non-hydrogen) atoms. The summed E-state index contributed by atoms with van der Waals surface area (Å²) in [5.74, 6) is 0.414. The van der Waals surface area contributed by atoms with Crippen molar-refractivity contribution in [2.75, 3.05) is 32.1 Å². The number of hydrogen-bond acceptors (Lipinski definition) is 4. The molecule has 0 aromatic heterocycles. The summed E-state index contributed by atoms with van der Waals surface area (Å²) < 4.78 is 10.8. The largest absolute Gasteiger partial charge is 0.497 e. The summed E-state index contributed by atoms with van der Waals surface area (Å²) in [6.07, 6.45) is 2.41. The molecule has 1 aliphatic heterocycles. The summed E-state index contributed by atoms with van der Waals surface area (Å²) in [5.41, 5.74) is -0.262. The maximum Gasteiger partial charge on any atom is 0.321 e. The van der Waals surface area contributed by atoms with Gasteiger partial charge in [0.25, 0.3) is 0 Å². The van der Waals surface area contributed by atoms with Crippen molar-refractivity contribution in [1.82, 2.24) is 4.90 Å². The molecular formula is C18H24N2O5. The standard InChI is InChI=1S/C18H24N2O5/c1-3-25-15-7-6-13(24-2)9-14(15)19-17(23)20-10-12-5-4-8-18(12,11-20)16(21)22/h6-7,9,12H,3-5,8,10-11H2,1-2H3,(H,19,23)(H,21,22)/t12-,18+/m0/s1. The highest BCUT2D eigenvalue weighted by molar-refractivity contribution is 5.92. The van der Waals surface area contributed by atoms with Gasteiger partial charge in [0.15, 0.2) is 0 Å². The van der Waals surface area contributed by atoms with Crippen LogP contribution in [-0.2, 0) is 4.79 Å². The van der Waals surface area contributed by atoms with Gasteiger partial charge in [0.05, 0.1) is 24.8 Å². The third-order valence-corrected chi connectivity index (χ3v) is 5.31. The number of hydrogen-bond donors (Lipinski definition) is 2. The van der Waals surface area contributed by atoms with E-state index < -0.39 is 11.4 Å². The van der Waals surface area contributed by atoms with Gasteiger partial charge in [-0.25, -0.2) is 4.79 Å². The average Bonchev–Trinajstić information content (AvgIpc) is 3.15. The summed E-state index contributed by atoms with van der Waals surface area (Å²) in [6, 6.07) is 4.91. The molecule has 2 fully saturated rings. The summed E-state index contributed by atoms with van der Waals surface area (Å²) in [4.78, 5) is 26.1. The lowest BCUT2D eigenvalue weighted by atomic mass is 9.81. The minimum Gasteiger partial charge on any atom is -0.497 e. The van der Waals surface area contributed by atoms with Gasteiger partial charge < -0.3 is 24.8 Å². The molecule has 1 aromatic carbocycles. The summed E-state index contributed by atoms with van der Waals surface area (Å²) >= 11 is 0. The first-order valence-corrected chi connectivity index (χ1v) is 8.60. The van der Waals surface area contributed by atoms with Crippen LogP contribution >= 0.6 is 0 Å².